The predicted octanol–water partition coefficient (Wildman–Crippen LogP) is 2.52. The summed E-state index contributed by atoms with van der Waals surface area (Å²) in [6, 6.07) is 8.30. The number of aliphatic hydroxyl groups excluding tert-OH is 1. The summed E-state index contributed by atoms with van der Waals surface area (Å²) in [7, 11) is 0. The van der Waals surface area contributed by atoms with Crippen LogP contribution in [0.15, 0.2) is 33.6 Å². The minimum atomic E-state index is 0.0468. The van der Waals surface area contributed by atoms with Gasteiger partial charge in [-0.3, -0.25) is 4.79 Å². The van der Waals surface area contributed by atoms with Crippen LogP contribution in [-0.4, -0.2) is 40.9 Å². The summed E-state index contributed by atoms with van der Waals surface area (Å²) in [4.78, 5) is 14.9. The number of benzene rings is 1. The van der Waals surface area contributed by atoms with E-state index in [4.69, 9.17) is 5.11 Å². The van der Waals surface area contributed by atoms with Gasteiger partial charge in [0.15, 0.2) is 0 Å². The minimum absolute atomic E-state index is 0.0468. The van der Waals surface area contributed by atoms with Crippen molar-refractivity contribution in [2.24, 2.45) is 0 Å². The molecule has 1 aromatic rings. The molecule has 1 N–H and O–H groups in total. The van der Waals surface area contributed by atoms with Crippen LogP contribution >= 0.6 is 27.7 Å². The number of carbonyl (C=O) groups is 1. The third kappa shape index (κ3) is 4.00. The number of amides is 1. The second-order valence-corrected chi connectivity index (χ2v) is 6.25. The third-order valence-electron chi connectivity index (χ3n) is 2.82. The zero-order chi connectivity index (χ0) is 13.0. The Morgan fingerprint density at radius 2 is 2.06 bits per heavy atom. The maximum atomic E-state index is 12.0. The highest BCUT2D eigenvalue weighted by Gasteiger charge is 2.31. The molecular weight excluding hydrogens is 314 g/mol. The Morgan fingerprint density at radius 3 is 2.61 bits per heavy atom. The number of carbonyl (C=O) groups excluding carboxylic acids is 1. The molecular formula is C13H16BrNO2S. The lowest BCUT2D eigenvalue weighted by Crippen LogP contribution is -2.36. The summed E-state index contributed by atoms with van der Waals surface area (Å²) < 4.78 is 1.04. The van der Waals surface area contributed by atoms with Crippen LogP contribution in [0, 0.1) is 0 Å². The van der Waals surface area contributed by atoms with Gasteiger partial charge < -0.3 is 10.0 Å². The van der Waals surface area contributed by atoms with Crippen LogP contribution in [0.3, 0.4) is 0 Å². The summed E-state index contributed by atoms with van der Waals surface area (Å²) >= 11 is 4.93. The molecule has 0 spiro atoms. The van der Waals surface area contributed by atoms with Gasteiger partial charge in [-0.05, 0) is 37.1 Å². The van der Waals surface area contributed by atoms with E-state index in [-0.39, 0.29) is 12.5 Å². The van der Waals surface area contributed by atoms with E-state index in [0.29, 0.717) is 18.3 Å². The van der Waals surface area contributed by atoms with Gasteiger partial charge in [-0.2, -0.15) is 0 Å². The Hall–Kier alpha value is -0.520. The SMILES string of the molecule is O=C(CSc1ccc(Br)cc1)N(CCO)C1CC1. The van der Waals surface area contributed by atoms with Crippen molar-refractivity contribution in [1.29, 1.82) is 0 Å². The standard InChI is InChI=1S/C13H16BrNO2S/c14-10-1-5-12(6-2-10)18-9-13(17)15(7-8-16)11-3-4-11/h1-2,5-6,11,16H,3-4,7-9H2. The Morgan fingerprint density at radius 1 is 1.39 bits per heavy atom. The van der Waals surface area contributed by atoms with E-state index in [2.05, 4.69) is 15.9 Å². The number of halogens is 1. The third-order valence-corrected chi connectivity index (χ3v) is 4.35. The molecule has 1 aliphatic rings. The van der Waals surface area contributed by atoms with Crippen LogP contribution in [-0.2, 0) is 4.79 Å². The summed E-state index contributed by atoms with van der Waals surface area (Å²) in [6.45, 7) is 0.510. The highest BCUT2D eigenvalue weighted by molar-refractivity contribution is 9.10. The summed E-state index contributed by atoms with van der Waals surface area (Å²) in [5, 5.41) is 8.97. The predicted molar refractivity (Wildman–Crippen MR) is 76.7 cm³/mol. The van der Waals surface area contributed by atoms with Gasteiger partial charge in [0, 0.05) is 22.0 Å². The first-order valence-corrected chi connectivity index (χ1v) is 7.77. The van der Waals surface area contributed by atoms with E-state index in [1.807, 2.05) is 29.2 Å². The monoisotopic (exact) mass is 329 g/mol. The molecule has 98 valence electrons. The first-order chi connectivity index (χ1) is 8.70. The van der Waals surface area contributed by atoms with Crippen LogP contribution in [0.5, 0.6) is 0 Å². The molecule has 0 saturated heterocycles. The lowest BCUT2D eigenvalue weighted by Gasteiger charge is -2.21. The van der Waals surface area contributed by atoms with Gasteiger partial charge in [0.1, 0.15) is 0 Å². The van der Waals surface area contributed by atoms with Crippen molar-refractivity contribution in [3.05, 3.63) is 28.7 Å². The van der Waals surface area contributed by atoms with Crippen LogP contribution < -0.4 is 0 Å². The molecule has 0 aliphatic heterocycles. The number of hydrogen-bond donors (Lipinski definition) is 1. The zero-order valence-corrected chi connectivity index (χ0v) is 12.4. The fourth-order valence-corrected chi connectivity index (χ4v) is 2.81. The molecule has 0 radical (unpaired) electrons. The maximum absolute atomic E-state index is 12.0. The average molecular weight is 330 g/mol. The van der Waals surface area contributed by atoms with Crippen molar-refractivity contribution < 1.29 is 9.90 Å². The molecule has 0 atom stereocenters. The first kappa shape index (κ1) is 13.9. The lowest BCUT2D eigenvalue weighted by molar-refractivity contribution is -0.129. The van der Waals surface area contributed by atoms with Gasteiger partial charge in [0.2, 0.25) is 5.91 Å². The molecule has 1 saturated carbocycles. The normalized spacial score (nSPS) is 14.6. The molecule has 3 nitrogen and oxygen atoms in total. The van der Waals surface area contributed by atoms with Gasteiger partial charge in [0.25, 0.3) is 0 Å². The van der Waals surface area contributed by atoms with Crippen molar-refractivity contribution in [1.82, 2.24) is 4.90 Å². The van der Waals surface area contributed by atoms with E-state index in [1.54, 1.807) is 11.8 Å². The molecule has 1 aliphatic carbocycles. The smallest absolute Gasteiger partial charge is 0.233 e. The topological polar surface area (TPSA) is 40.5 Å². The van der Waals surface area contributed by atoms with Crippen molar-refractivity contribution in [2.45, 2.75) is 23.8 Å². The molecule has 0 heterocycles. The van der Waals surface area contributed by atoms with Crippen LogP contribution in [0.25, 0.3) is 0 Å². The van der Waals surface area contributed by atoms with E-state index in [9.17, 15) is 4.79 Å². The van der Waals surface area contributed by atoms with Crippen molar-refractivity contribution >= 4 is 33.6 Å². The lowest BCUT2D eigenvalue weighted by atomic mass is 10.4. The maximum Gasteiger partial charge on any atom is 0.233 e. The molecule has 0 unspecified atom stereocenters. The van der Waals surface area contributed by atoms with Gasteiger partial charge in [-0.15, -0.1) is 11.8 Å². The van der Waals surface area contributed by atoms with Crippen molar-refractivity contribution in [3.8, 4) is 0 Å². The molecule has 18 heavy (non-hydrogen) atoms. The average Bonchev–Trinajstić information content (AvgIpc) is 3.19. The van der Waals surface area contributed by atoms with Gasteiger partial charge in [-0.1, -0.05) is 15.9 Å². The molecule has 0 aromatic heterocycles. The van der Waals surface area contributed by atoms with Gasteiger partial charge in [-0.25, -0.2) is 0 Å². The Balaban J connectivity index is 1.84. The molecule has 2 rings (SSSR count). The fourth-order valence-electron chi connectivity index (χ4n) is 1.76. The van der Waals surface area contributed by atoms with Crippen molar-refractivity contribution in [3.63, 3.8) is 0 Å². The number of rotatable bonds is 6. The van der Waals surface area contributed by atoms with E-state index < -0.39 is 0 Å². The fraction of sp³-hybridized carbons (Fsp3) is 0.462. The summed E-state index contributed by atoms with van der Waals surface area (Å²) in [5.74, 6) is 0.567. The van der Waals surface area contributed by atoms with Crippen molar-refractivity contribution in [2.75, 3.05) is 18.9 Å². The largest absolute Gasteiger partial charge is 0.395 e. The molecule has 0 bridgehead atoms. The number of hydrogen-bond acceptors (Lipinski definition) is 3. The van der Waals surface area contributed by atoms with Crippen LogP contribution in [0.1, 0.15) is 12.8 Å². The number of aliphatic hydroxyl groups is 1. The summed E-state index contributed by atoms with van der Waals surface area (Å²) in [6.07, 6.45) is 2.16. The summed E-state index contributed by atoms with van der Waals surface area (Å²) in [5.41, 5.74) is 0. The minimum Gasteiger partial charge on any atom is -0.395 e. The number of thioether (sulfide) groups is 1. The Bertz CT molecular complexity index is 406. The Kier molecular flexibility index (Phi) is 5.09. The molecule has 5 heteroatoms. The second-order valence-electron chi connectivity index (χ2n) is 4.28. The van der Waals surface area contributed by atoms with Gasteiger partial charge >= 0.3 is 0 Å². The number of nitrogens with zero attached hydrogens (tertiary/aromatic N) is 1. The van der Waals surface area contributed by atoms with E-state index in [0.717, 1.165) is 22.2 Å². The van der Waals surface area contributed by atoms with Crippen LogP contribution in [0.2, 0.25) is 0 Å². The molecule has 1 amide bonds. The van der Waals surface area contributed by atoms with E-state index >= 15 is 0 Å². The highest BCUT2D eigenvalue weighted by Crippen LogP contribution is 2.28. The van der Waals surface area contributed by atoms with E-state index in [1.165, 1.54) is 0 Å². The highest BCUT2D eigenvalue weighted by atomic mass is 79.9. The zero-order valence-electron chi connectivity index (χ0n) is 10.0. The molecule has 1 fully saturated rings. The molecule has 1 aromatic carbocycles. The Labute approximate surface area is 120 Å². The van der Waals surface area contributed by atoms with Gasteiger partial charge in [0.05, 0.1) is 12.4 Å². The van der Waals surface area contributed by atoms with Crippen LogP contribution in [0.4, 0.5) is 0 Å². The first-order valence-electron chi connectivity index (χ1n) is 5.99. The quantitative estimate of drug-likeness (QED) is 0.815. The second kappa shape index (κ2) is 6.59.